The summed E-state index contributed by atoms with van der Waals surface area (Å²) in [6, 6.07) is 4.27. The molecule has 1 rings (SSSR count). The van der Waals surface area contributed by atoms with Crippen LogP contribution < -0.4 is 5.32 Å². The monoisotopic (exact) mass is 215 g/mol. The van der Waals surface area contributed by atoms with Gasteiger partial charge in [-0.3, -0.25) is 0 Å². The quantitative estimate of drug-likeness (QED) is 0.812. The maximum absolute atomic E-state index is 13.2. The SMILES string of the molecule is COCC(C)NCc1cccc(F)c1F. The van der Waals surface area contributed by atoms with Crippen molar-refractivity contribution in [2.45, 2.75) is 19.5 Å². The smallest absolute Gasteiger partial charge is 0.163 e. The molecule has 1 aromatic carbocycles. The number of ether oxygens (including phenoxy) is 1. The molecule has 0 aliphatic heterocycles. The van der Waals surface area contributed by atoms with Crippen LogP contribution in [-0.4, -0.2) is 19.8 Å². The lowest BCUT2D eigenvalue weighted by Crippen LogP contribution is -2.29. The van der Waals surface area contributed by atoms with E-state index in [4.69, 9.17) is 4.74 Å². The molecule has 0 heterocycles. The fourth-order valence-corrected chi connectivity index (χ4v) is 1.28. The van der Waals surface area contributed by atoms with E-state index in [1.165, 1.54) is 6.07 Å². The minimum Gasteiger partial charge on any atom is -0.383 e. The second kappa shape index (κ2) is 5.78. The number of benzene rings is 1. The summed E-state index contributed by atoms with van der Waals surface area (Å²) in [6.07, 6.45) is 0. The van der Waals surface area contributed by atoms with E-state index in [1.807, 2.05) is 6.92 Å². The first-order chi connectivity index (χ1) is 7.15. The van der Waals surface area contributed by atoms with Crippen LogP contribution in [-0.2, 0) is 11.3 Å². The highest BCUT2D eigenvalue weighted by Crippen LogP contribution is 2.10. The van der Waals surface area contributed by atoms with Crippen LogP contribution in [0, 0.1) is 11.6 Å². The largest absolute Gasteiger partial charge is 0.383 e. The van der Waals surface area contributed by atoms with Gasteiger partial charge in [0, 0.05) is 25.3 Å². The summed E-state index contributed by atoms with van der Waals surface area (Å²) in [5, 5.41) is 3.04. The Hall–Kier alpha value is -1.00. The molecule has 0 aromatic heterocycles. The molecule has 0 radical (unpaired) electrons. The second-order valence-corrected chi connectivity index (χ2v) is 3.45. The van der Waals surface area contributed by atoms with Gasteiger partial charge in [0.05, 0.1) is 6.61 Å². The van der Waals surface area contributed by atoms with Crippen molar-refractivity contribution in [3.63, 3.8) is 0 Å². The Balaban J connectivity index is 2.54. The number of rotatable bonds is 5. The Morgan fingerprint density at radius 2 is 2.13 bits per heavy atom. The van der Waals surface area contributed by atoms with Crippen molar-refractivity contribution in [1.29, 1.82) is 0 Å². The van der Waals surface area contributed by atoms with Crippen molar-refractivity contribution >= 4 is 0 Å². The standard InChI is InChI=1S/C11H15F2NO/c1-8(7-15-2)14-6-9-4-3-5-10(12)11(9)13/h3-5,8,14H,6-7H2,1-2H3. The molecule has 4 heteroatoms. The molecule has 0 saturated heterocycles. The third kappa shape index (κ3) is 3.57. The Kier molecular flexibility index (Phi) is 4.65. The Bertz CT molecular complexity index is 317. The predicted molar refractivity (Wildman–Crippen MR) is 54.5 cm³/mol. The molecule has 1 unspecified atom stereocenters. The van der Waals surface area contributed by atoms with E-state index in [9.17, 15) is 8.78 Å². The number of methoxy groups -OCH3 is 1. The van der Waals surface area contributed by atoms with Gasteiger partial charge in [-0.1, -0.05) is 12.1 Å². The summed E-state index contributed by atoms with van der Waals surface area (Å²) in [5.74, 6) is -1.59. The van der Waals surface area contributed by atoms with Gasteiger partial charge < -0.3 is 10.1 Å². The first-order valence-corrected chi connectivity index (χ1v) is 4.80. The van der Waals surface area contributed by atoms with Gasteiger partial charge in [-0.25, -0.2) is 8.78 Å². The lowest BCUT2D eigenvalue weighted by molar-refractivity contribution is 0.171. The first-order valence-electron chi connectivity index (χ1n) is 4.80. The Morgan fingerprint density at radius 3 is 2.80 bits per heavy atom. The molecular formula is C11H15F2NO. The molecule has 0 spiro atoms. The van der Waals surface area contributed by atoms with Crippen LogP contribution in [0.1, 0.15) is 12.5 Å². The van der Waals surface area contributed by atoms with Gasteiger partial charge in [0.1, 0.15) is 0 Å². The zero-order valence-corrected chi connectivity index (χ0v) is 8.89. The van der Waals surface area contributed by atoms with Crippen molar-refractivity contribution in [1.82, 2.24) is 5.32 Å². The molecule has 1 aromatic rings. The van der Waals surface area contributed by atoms with Crippen molar-refractivity contribution in [2.24, 2.45) is 0 Å². The number of hydrogen-bond donors (Lipinski definition) is 1. The van der Waals surface area contributed by atoms with Crippen LogP contribution in [0.5, 0.6) is 0 Å². The zero-order chi connectivity index (χ0) is 11.3. The lowest BCUT2D eigenvalue weighted by atomic mass is 10.2. The van der Waals surface area contributed by atoms with Gasteiger partial charge in [-0.05, 0) is 13.0 Å². The van der Waals surface area contributed by atoms with Crippen molar-refractivity contribution in [3.05, 3.63) is 35.4 Å². The summed E-state index contributed by atoms with van der Waals surface area (Å²) in [7, 11) is 1.60. The molecular weight excluding hydrogens is 200 g/mol. The van der Waals surface area contributed by atoms with Crippen LogP contribution in [0.15, 0.2) is 18.2 Å². The van der Waals surface area contributed by atoms with Gasteiger partial charge in [0.25, 0.3) is 0 Å². The molecule has 1 atom stereocenters. The number of hydrogen-bond acceptors (Lipinski definition) is 2. The maximum Gasteiger partial charge on any atom is 0.163 e. The van der Waals surface area contributed by atoms with Gasteiger partial charge in [-0.15, -0.1) is 0 Å². The molecule has 0 bridgehead atoms. The van der Waals surface area contributed by atoms with E-state index in [1.54, 1.807) is 13.2 Å². The molecule has 0 aliphatic rings. The molecule has 0 saturated carbocycles. The summed E-state index contributed by atoms with van der Waals surface area (Å²) < 4.78 is 30.9. The second-order valence-electron chi connectivity index (χ2n) is 3.45. The molecule has 0 aliphatic carbocycles. The van der Waals surface area contributed by atoms with Crippen molar-refractivity contribution in [3.8, 4) is 0 Å². The summed E-state index contributed by atoms with van der Waals surface area (Å²) >= 11 is 0. The third-order valence-electron chi connectivity index (χ3n) is 2.09. The molecule has 0 fully saturated rings. The average Bonchev–Trinajstić information content (AvgIpc) is 2.21. The molecule has 2 nitrogen and oxygen atoms in total. The van der Waals surface area contributed by atoms with Gasteiger partial charge in [0.2, 0.25) is 0 Å². The number of halogens is 2. The number of nitrogens with one attached hydrogen (secondary N) is 1. The summed E-state index contributed by atoms with van der Waals surface area (Å²) in [6.45, 7) is 2.76. The van der Waals surface area contributed by atoms with Crippen LogP contribution >= 0.6 is 0 Å². The molecule has 1 N–H and O–H groups in total. The first kappa shape index (κ1) is 12.1. The average molecular weight is 215 g/mol. The minimum atomic E-state index is -0.811. The highest BCUT2D eigenvalue weighted by molar-refractivity contribution is 5.18. The van der Waals surface area contributed by atoms with Gasteiger partial charge in [0.15, 0.2) is 11.6 Å². The van der Waals surface area contributed by atoms with E-state index in [0.717, 1.165) is 6.07 Å². The van der Waals surface area contributed by atoms with Crippen LogP contribution in [0.25, 0.3) is 0 Å². The van der Waals surface area contributed by atoms with Gasteiger partial charge in [-0.2, -0.15) is 0 Å². The molecule has 15 heavy (non-hydrogen) atoms. The van der Waals surface area contributed by atoms with E-state index in [0.29, 0.717) is 18.7 Å². The van der Waals surface area contributed by atoms with Crippen LogP contribution in [0.4, 0.5) is 8.78 Å². The maximum atomic E-state index is 13.2. The topological polar surface area (TPSA) is 21.3 Å². The lowest BCUT2D eigenvalue weighted by Gasteiger charge is -2.12. The summed E-state index contributed by atoms with van der Waals surface area (Å²) in [5.41, 5.74) is 0.331. The Morgan fingerprint density at radius 1 is 1.40 bits per heavy atom. The zero-order valence-electron chi connectivity index (χ0n) is 8.89. The molecule has 0 amide bonds. The highest BCUT2D eigenvalue weighted by Gasteiger charge is 2.08. The van der Waals surface area contributed by atoms with Gasteiger partial charge >= 0.3 is 0 Å². The Labute approximate surface area is 88.3 Å². The summed E-state index contributed by atoms with van der Waals surface area (Å²) in [4.78, 5) is 0. The van der Waals surface area contributed by atoms with E-state index in [-0.39, 0.29) is 6.04 Å². The highest BCUT2D eigenvalue weighted by atomic mass is 19.2. The van der Waals surface area contributed by atoms with Crippen LogP contribution in [0.3, 0.4) is 0 Å². The van der Waals surface area contributed by atoms with E-state index in [2.05, 4.69) is 5.32 Å². The van der Waals surface area contributed by atoms with Crippen LogP contribution in [0.2, 0.25) is 0 Å². The normalized spacial score (nSPS) is 12.8. The van der Waals surface area contributed by atoms with E-state index >= 15 is 0 Å². The van der Waals surface area contributed by atoms with Crippen molar-refractivity contribution in [2.75, 3.05) is 13.7 Å². The molecule has 84 valence electrons. The fraction of sp³-hybridized carbons (Fsp3) is 0.455. The minimum absolute atomic E-state index is 0.109. The van der Waals surface area contributed by atoms with Crippen molar-refractivity contribution < 1.29 is 13.5 Å². The third-order valence-corrected chi connectivity index (χ3v) is 2.09. The fourth-order valence-electron chi connectivity index (χ4n) is 1.28. The van der Waals surface area contributed by atoms with E-state index < -0.39 is 11.6 Å². The predicted octanol–water partition coefficient (Wildman–Crippen LogP) is 2.09.